The van der Waals surface area contributed by atoms with Crippen molar-refractivity contribution in [3.05, 3.63) is 30.3 Å². The second kappa shape index (κ2) is 5.13. The molecule has 0 aliphatic carbocycles. The van der Waals surface area contributed by atoms with Gasteiger partial charge in [-0.2, -0.15) is 0 Å². The highest BCUT2D eigenvalue weighted by molar-refractivity contribution is 6.91. The van der Waals surface area contributed by atoms with E-state index in [2.05, 4.69) is 79.3 Å². The third-order valence-electron chi connectivity index (χ3n) is 3.93. The molecule has 0 atom stereocenters. The monoisotopic (exact) mass is 263 g/mol. The minimum absolute atomic E-state index is 0.566. The van der Waals surface area contributed by atoms with E-state index in [1.807, 2.05) is 0 Å². The average molecular weight is 263 g/mol. The Labute approximate surface area is 112 Å². The summed E-state index contributed by atoms with van der Waals surface area (Å²) in [5, 5.41) is 1.54. The van der Waals surface area contributed by atoms with Gasteiger partial charge in [-0.25, -0.2) is 0 Å². The van der Waals surface area contributed by atoms with Crippen molar-refractivity contribution in [2.24, 2.45) is 0 Å². The molecule has 3 nitrogen and oxygen atoms in total. The predicted octanol–water partition coefficient (Wildman–Crippen LogP) is 1.19. The van der Waals surface area contributed by atoms with E-state index in [0.29, 0.717) is 5.79 Å². The van der Waals surface area contributed by atoms with Gasteiger partial charge in [0.25, 0.3) is 0 Å². The summed E-state index contributed by atoms with van der Waals surface area (Å²) in [6.07, 6.45) is 0. The van der Waals surface area contributed by atoms with Gasteiger partial charge in [-0.1, -0.05) is 48.6 Å². The van der Waals surface area contributed by atoms with Crippen LogP contribution in [0.25, 0.3) is 0 Å². The minimum atomic E-state index is -1.51. The maximum Gasteiger partial charge on any atom is 0.117 e. The van der Waals surface area contributed by atoms with Crippen LogP contribution in [0.15, 0.2) is 30.3 Å². The quantitative estimate of drug-likeness (QED) is 0.742. The van der Waals surface area contributed by atoms with Crippen molar-refractivity contribution in [1.82, 2.24) is 14.7 Å². The van der Waals surface area contributed by atoms with E-state index in [9.17, 15) is 0 Å². The van der Waals surface area contributed by atoms with Gasteiger partial charge in [-0.15, -0.1) is 0 Å². The molecule has 1 aliphatic rings. The van der Waals surface area contributed by atoms with Crippen molar-refractivity contribution < 1.29 is 0 Å². The normalized spacial score (nSPS) is 21.4. The highest BCUT2D eigenvalue weighted by Crippen LogP contribution is 2.20. The first-order valence-electron chi connectivity index (χ1n) is 6.57. The Morgan fingerprint density at radius 3 is 1.94 bits per heavy atom. The summed E-state index contributed by atoms with van der Waals surface area (Å²) in [5.41, 5.74) is 0. The van der Waals surface area contributed by atoms with Crippen molar-refractivity contribution in [1.29, 1.82) is 0 Å². The molecule has 4 heteroatoms. The molecule has 18 heavy (non-hydrogen) atoms. The summed E-state index contributed by atoms with van der Waals surface area (Å²) in [7, 11) is 5.16. The highest BCUT2D eigenvalue weighted by atomic mass is 28.3. The van der Waals surface area contributed by atoms with E-state index in [1.165, 1.54) is 0 Å². The van der Waals surface area contributed by atoms with Gasteiger partial charge in [0.05, 0.1) is 19.1 Å². The van der Waals surface area contributed by atoms with Gasteiger partial charge in [-0.3, -0.25) is 14.7 Å². The third-order valence-corrected chi connectivity index (χ3v) is 7.92. The summed E-state index contributed by atoms with van der Waals surface area (Å²) >= 11 is 0. The van der Waals surface area contributed by atoms with E-state index < -0.39 is 8.07 Å². The molecule has 0 bridgehead atoms. The lowest BCUT2D eigenvalue weighted by atomic mass is 10.4. The smallest absolute Gasteiger partial charge is 0.117 e. The molecule has 1 heterocycles. The summed E-state index contributed by atoms with van der Waals surface area (Å²) in [4.78, 5) is 7.33. The van der Waals surface area contributed by atoms with Crippen LogP contribution >= 0.6 is 0 Å². The highest BCUT2D eigenvalue weighted by Gasteiger charge is 2.41. The summed E-state index contributed by atoms with van der Waals surface area (Å²) < 4.78 is 0. The molecule has 1 saturated heterocycles. The van der Waals surface area contributed by atoms with Crippen LogP contribution in [0, 0.1) is 0 Å². The van der Waals surface area contributed by atoms with E-state index in [-0.39, 0.29) is 0 Å². The zero-order valence-corrected chi connectivity index (χ0v) is 13.2. The molecule has 0 saturated carbocycles. The first-order chi connectivity index (χ1) is 8.43. The summed E-state index contributed by atoms with van der Waals surface area (Å²) in [6, 6.07) is 11.0. The van der Waals surface area contributed by atoms with Crippen molar-refractivity contribution in [3.63, 3.8) is 0 Å². The van der Waals surface area contributed by atoms with Gasteiger partial charge in [0.15, 0.2) is 0 Å². The molecule has 1 aromatic rings. The first-order valence-corrected chi connectivity index (χ1v) is 9.65. The third kappa shape index (κ3) is 2.52. The average Bonchev–Trinajstić information content (AvgIpc) is 2.28. The molecular formula is C14H25N3Si. The van der Waals surface area contributed by atoms with E-state index in [4.69, 9.17) is 0 Å². The molecule has 0 spiro atoms. The Hall–Kier alpha value is -0.683. The molecule has 0 unspecified atom stereocenters. The van der Waals surface area contributed by atoms with Gasteiger partial charge in [0.2, 0.25) is 0 Å². The Kier molecular flexibility index (Phi) is 3.92. The number of nitrogens with zero attached hydrogens (tertiary/aromatic N) is 3. The molecule has 2 rings (SSSR count). The standard InChI is InChI=1S/C14H25N3Si/c1-15-11-16(2)14(17(3)12-15)18(4,5)13-9-7-6-8-10-13/h6-10,14H,11-12H2,1-5H3. The number of hydrogen-bond donors (Lipinski definition) is 0. The molecule has 1 aromatic carbocycles. The Balaban J connectivity index is 2.29. The molecule has 0 N–H and O–H groups in total. The second-order valence-corrected chi connectivity index (χ2v) is 10.7. The van der Waals surface area contributed by atoms with Gasteiger partial charge >= 0.3 is 0 Å². The van der Waals surface area contributed by atoms with Crippen LogP contribution in [0.3, 0.4) is 0 Å². The van der Waals surface area contributed by atoms with Crippen LogP contribution < -0.4 is 5.19 Å². The molecule has 0 amide bonds. The zero-order chi connectivity index (χ0) is 13.3. The maximum absolute atomic E-state index is 2.49. The van der Waals surface area contributed by atoms with Crippen LogP contribution in [0.1, 0.15) is 0 Å². The van der Waals surface area contributed by atoms with Gasteiger partial charge in [-0.05, 0) is 21.1 Å². The fourth-order valence-corrected chi connectivity index (χ4v) is 7.13. The van der Waals surface area contributed by atoms with Crippen LogP contribution in [-0.2, 0) is 0 Å². The van der Waals surface area contributed by atoms with Gasteiger partial charge in [0, 0.05) is 0 Å². The number of rotatable bonds is 2. The van der Waals surface area contributed by atoms with Crippen LogP contribution in [0.4, 0.5) is 0 Å². The predicted molar refractivity (Wildman–Crippen MR) is 80.4 cm³/mol. The lowest BCUT2D eigenvalue weighted by Gasteiger charge is -2.50. The largest absolute Gasteiger partial charge is 0.280 e. The van der Waals surface area contributed by atoms with Gasteiger partial charge in [0.1, 0.15) is 8.07 Å². The van der Waals surface area contributed by atoms with Crippen molar-refractivity contribution in [2.45, 2.75) is 18.9 Å². The maximum atomic E-state index is 2.49. The van der Waals surface area contributed by atoms with Crippen LogP contribution in [0.2, 0.25) is 13.1 Å². The fourth-order valence-electron chi connectivity index (χ4n) is 3.42. The van der Waals surface area contributed by atoms with E-state index in [0.717, 1.165) is 13.3 Å². The lowest BCUT2D eigenvalue weighted by molar-refractivity contribution is -0.0122. The first kappa shape index (κ1) is 13.7. The molecule has 0 aromatic heterocycles. The SMILES string of the molecule is CN1CN(C)C([Si](C)(C)c2ccccc2)N(C)C1. The number of hydrogen-bond acceptors (Lipinski definition) is 3. The molecular weight excluding hydrogens is 238 g/mol. The van der Waals surface area contributed by atoms with Crippen molar-refractivity contribution >= 4 is 13.3 Å². The van der Waals surface area contributed by atoms with Crippen LogP contribution in [-0.4, -0.2) is 63.0 Å². The topological polar surface area (TPSA) is 9.72 Å². The zero-order valence-electron chi connectivity index (χ0n) is 12.2. The molecule has 100 valence electrons. The van der Waals surface area contributed by atoms with E-state index in [1.54, 1.807) is 5.19 Å². The Morgan fingerprint density at radius 2 is 1.44 bits per heavy atom. The second-order valence-electron chi connectivity index (χ2n) is 6.11. The molecule has 1 aliphatic heterocycles. The molecule has 0 radical (unpaired) electrons. The van der Waals surface area contributed by atoms with Crippen molar-refractivity contribution in [3.8, 4) is 0 Å². The minimum Gasteiger partial charge on any atom is -0.280 e. The van der Waals surface area contributed by atoms with Gasteiger partial charge < -0.3 is 0 Å². The molecule has 1 fully saturated rings. The van der Waals surface area contributed by atoms with E-state index >= 15 is 0 Å². The number of benzene rings is 1. The Bertz CT molecular complexity index is 381. The summed E-state index contributed by atoms with van der Waals surface area (Å²) in [6.45, 7) is 7.06. The summed E-state index contributed by atoms with van der Waals surface area (Å²) in [5.74, 6) is 0.566. The lowest BCUT2D eigenvalue weighted by Crippen LogP contribution is -2.70. The fraction of sp³-hybridized carbons (Fsp3) is 0.571. The van der Waals surface area contributed by atoms with Crippen molar-refractivity contribution in [2.75, 3.05) is 34.5 Å². The Morgan fingerprint density at radius 1 is 0.944 bits per heavy atom. The van der Waals surface area contributed by atoms with Crippen LogP contribution in [0.5, 0.6) is 0 Å².